The fourth-order valence-corrected chi connectivity index (χ4v) is 5.70. The second-order valence-corrected chi connectivity index (χ2v) is 10.3. The fraction of sp³-hybridized carbons (Fsp3) is 0.222. The highest BCUT2D eigenvalue weighted by atomic mass is 31.2. The third-order valence-electron chi connectivity index (χ3n) is 5.54. The summed E-state index contributed by atoms with van der Waals surface area (Å²) in [7, 11) is -3.61. The molecular weight excluding hydrogens is 489 g/mol. The highest BCUT2D eigenvalue weighted by Gasteiger charge is 2.37. The molecule has 0 saturated heterocycles. The Labute approximate surface area is 216 Å². The second-order valence-electron chi connectivity index (χ2n) is 8.18. The molecule has 0 aliphatic heterocycles. The summed E-state index contributed by atoms with van der Waals surface area (Å²) in [6, 6.07) is 17.8. The van der Waals surface area contributed by atoms with Crippen LogP contribution in [0.25, 0.3) is 11.3 Å². The lowest BCUT2D eigenvalue weighted by Crippen LogP contribution is -2.15. The van der Waals surface area contributed by atoms with Crippen molar-refractivity contribution in [3.05, 3.63) is 90.4 Å². The van der Waals surface area contributed by atoms with Crippen LogP contribution in [0.3, 0.4) is 0 Å². The summed E-state index contributed by atoms with van der Waals surface area (Å²) in [6.07, 6.45) is 5.16. The zero-order valence-corrected chi connectivity index (χ0v) is 21.9. The van der Waals surface area contributed by atoms with Crippen molar-refractivity contribution in [1.82, 2.24) is 15.0 Å². The first kappa shape index (κ1) is 26.3. The number of aromatic nitrogens is 3. The number of phenolic OH excluding ortho intramolecular Hbond substituents is 1. The molecule has 2 aromatic carbocycles. The van der Waals surface area contributed by atoms with Crippen LogP contribution in [-0.4, -0.2) is 33.3 Å². The Hall–Kier alpha value is -3.78. The van der Waals surface area contributed by atoms with Crippen molar-refractivity contribution in [2.45, 2.75) is 26.6 Å². The third kappa shape index (κ3) is 6.51. The predicted molar refractivity (Wildman–Crippen MR) is 145 cm³/mol. The molecule has 0 bridgehead atoms. The largest absolute Gasteiger partial charge is 0.508 e. The van der Waals surface area contributed by atoms with Gasteiger partial charge in [0.15, 0.2) is 5.78 Å². The zero-order chi connectivity index (χ0) is 26.3. The van der Waals surface area contributed by atoms with E-state index in [9.17, 15) is 9.67 Å². The van der Waals surface area contributed by atoms with E-state index in [-0.39, 0.29) is 19.0 Å². The number of hydrogen-bond acceptors (Lipinski definition) is 9. The van der Waals surface area contributed by atoms with E-state index in [0.29, 0.717) is 17.2 Å². The van der Waals surface area contributed by atoms with Crippen LogP contribution in [0.5, 0.6) is 5.75 Å². The SMILES string of the molecule is CCOP(=O)(OCC)C(Nc1ccc(C)c(Nc2nccc(-c3cccnc3)n2)c1)c1ccc(O)cc1. The minimum absolute atomic E-state index is 0.112. The maximum Gasteiger partial charge on any atom is 0.357 e. The van der Waals surface area contributed by atoms with Crippen molar-refractivity contribution in [3.63, 3.8) is 0 Å². The topological polar surface area (TPSA) is 118 Å². The number of aromatic hydroxyl groups is 1. The molecule has 0 amide bonds. The molecule has 0 aliphatic rings. The summed E-state index contributed by atoms with van der Waals surface area (Å²) in [6.45, 7) is 5.96. The number of benzene rings is 2. The maximum absolute atomic E-state index is 13.8. The number of nitrogens with one attached hydrogen (secondary N) is 2. The maximum atomic E-state index is 13.8. The Morgan fingerprint density at radius 2 is 1.76 bits per heavy atom. The summed E-state index contributed by atoms with van der Waals surface area (Å²) in [5.74, 6) is -0.250. The average Bonchev–Trinajstić information content (AvgIpc) is 2.90. The second kappa shape index (κ2) is 12.0. The smallest absolute Gasteiger partial charge is 0.357 e. The van der Waals surface area contributed by atoms with Gasteiger partial charge in [0.2, 0.25) is 5.95 Å². The molecular formula is C27H30N5O4P. The molecule has 0 saturated carbocycles. The van der Waals surface area contributed by atoms with Gasteiger partial charge in [-0.25, -0.2) is 9.97 Å². The van der Waals surface area contributed by atoms with Gasteiger partial charge in [-0.1, -0.05) is 18.2 Å². The van der Waals surface area contributed by atoms with Gasteiger partial charge in [-0.2, -0.15) is 0 Å². The standard InChI is InChI=1S/C27H30N5O4P/c1-4-35-37(34,36-5-2)26(20-9-12-23(33)13-10-20)30-22-11-8-19(3)25(17-22)32-27-29-16-14-24(31-27)21-7-6-15-28-18-21/h6-18,26,30,33H,4-5H2,1-3H3,(H,29,31,32). The summed E-state index contributed by atoms with van der Waals surface area (Å²) >= 11 is 0. The lowest BCUT2D eigenvalue weighted by molar-refractivity contribution is 0.214. The van der Waals surface area contributed by atoms with Crippen molar-refractivity contribution >= 4 is 24.9 Å². The summed E-state index contributed by atoms with van der Waals surface area (Å²) in [4.78, 5) is 13.1. The van der Waals surface area contributed by atoms with Gasteiger partial charge in [-0.3, -0.25) is 9.55 Å². The number of nitrogens with zero attached hydrogens (tertiary/aromatic N) is 3. The van der Waals surface area contributed by atoms with Gasteiger partial charge in [0.1, 0.15) is 5.75 Å². The summed E-state index contributed by atoms with van der Waals surface area (Å²) in [5.41, 5.74) is 4.74. The molecule has 4 rings (SSSR count). The minimum atomic E-state index is -3.61. The molecule has 192 valence electrons. The normalized spacial score (nSPS) is 12.2. The van der Waals surface area contributed by atoms with Crippen molar-refractivity contribution in [3.8, 4) is 17.0 Å². The Kier molecular flexibility index (Phi) is 8.50. The lowest BCUT2D eigenvalue weighted by Gasteiger charge is -2.28. The van der Waals surface area contributed by atoms with Gasteiger partial charge in [0.25, 0.3) is 0 Å². The van der Waals surface area contributed by atoms with E-state index in [2.05, 4.69) is 25.6 Å². The van der Waals surface area contributed by atoms with Crippen LogP contribution in [-0.2, 0) is 13.6 Å². The number of aryl methyl sites for hydroxylation is 1. The van der Waals surface area contributed by atoms with Crippen LogP contribution in [0.1, 0.15) is 30.8 Å². The Morgan fingerprint density at radius 1 is 1.00 bits per heavy atom. The highest BCUT2D eigenvalue weighted by molar-refractivity contribution is 7.54. The van der Waals surface area contributed by atoms with Gasteiger partial charge in [-0.05, 0) is 74.4 Å². The number of hydrogen-bond donors (Lipinski definition) is 3. The molecule has 2 heterocycles. The first-order chi connectivity index (χ1) is 17.9. The first-order valence-electron chi connectivity index (χ1n) is 12.0. The number of pyridine rings is 1. The van der Waals surface area contributed by atoms with Gasteiger partial charge in [-0.15, -0.1) is 0 Å². The molecule has 3 N–H and O–H groups in total. The predicted octanol–water partition coefficient (Wildman–Crippen LogP) is 6.67. The number of rotatable bonds is 11. The Balaban J connectivity index is 1.65. The van der Waals surface area contributed by atoms with E-state index < -0.39 is 13.4 Å². The van der Waals surface area contributed by atoms with E-state index in [4.69, 9.17) is 9.05 Å². The molecule has 0 aliphatic carbocycles. The minimum Gasteiger partial charge on any atom is -0.508 e. The number of phenols is 1. The molecule has 2 aromatic heterocycles. The molecule has 37 heavy (non-hydrogen) atoms. The van der Waals surface area contributed by atoms with E-state index in [0.717, 1.165) is 22.5 Å². The molecule has 1 atom stereocenters. The van der Waals surface area contributed by atoms with Crippen LogP contribution < -0.4 is 10.6 Å². The van der Waals surface area contributed by atoms with Crippen molar-refractivity contribution in [2.75, 3.05) is 23.8 Å². The average molecular weight is 520 g/mol. The summed E-state index contributed by atoms with van der Waals surface area (Å²) in [5, 5.41) is 16.4. The van der Waals surface area contributed by atoms with E-state index >= 15 is 0 Å². The van der Waals surface area contributed by atoms with Crippen LogP contribution in [0.2, 0.25) is 0 Å². The summed E-state index contributed by atoms with van der Waals surface area (Å²) < 4.78 is 25.1. The number of anilines is 3. The molecule has 0 radical (unpaired) electrons. The molecule has 10 heteroatoms. The monoisotopic (exact) mass is 519 g/mol. The molecule has 1 unspecified atom stereocenters. The van der Waals surface area contributed by atoms with Crippen molar-refractivity contribution in [1.29, 1.82) is 0 Å². The molecule has 0 spiro atoms. The van der Waals surface area contributed by atoms with Gasteiger partial charge in [0, 0.05) is 35.5 Å². The molecule has 0 fully saturated rings. The quantitative estimate of drug-likeness (QED) is 0.187. The van der Waals surface area contributed by atoms with E-state index in [1.54, 1.807) is 56.7 Å². The van der Waals surface area contributed by atoms with Crippen LogP contribution in [0.15, 0.2) is 79.3 Å². The Bertz CT molecular complexity index is 1360. The van der Waals surface area contributed by atoms with Crippen LogP contribution in [0.4, 0.5) is 17.3 Å². The third-order valence-corrected chi connectivity index (χ3v) is 7.84. The van der Waals surface area contributed by atoms with E-state index in [1.165, 1.54) is 0 Å². The van der Waals surface area contributed by atoms with Gasteiger partial charge >= 0.3 is 7.60 Å². The van der Waals surface area contributed by atoms with Gasteiger partial charge in [0.05, 0.1) is 18.9 Å². The van der Waals surface area contributed by atoms with Crippen molar-refractivity contribution < 1.29 is 18.7 Å². The lowest BCUT2D eigenvalue weighted by atomic mass is 10.1. The zero-order valence-electron chi connectivity index (χ0n) is 21.0. The molecule has 9 nitrogen and oxygen atoms in total. The molecule has 4 aromatic rings. The van der Waals surface area contributed by atoms with Gasteiger partial charge < -0.3 is 24.8 Å². The van der Waals surface area contributed by atoms with Crippen LogP contribution >= 0.6 is 7.60 Å². The van der Waals surface area contributed by atoms with Crippen molar-refractivity contribution in [2.24, 2.45) is 0 Å². The fourth-order valence-electron chi connectivity index (χ4n) is 3.77. The van der Waals surface area contributed by atoms with E-state index in [1.807, 2.05) is 43.3 Å². The highest BCUT2D eigenvalue weighted by Crippen LogP contribution is 2.61. The van der Waals surface area contributed by atoms with Crippen LogP contribution in [0, 0.1) is 6.92 Å². The Morgan fingerprint density at radius 3 is 2.43 bits per heavy atom. The first-order valence-corrected chi connectivity index (χ1v) is 13.6.